The van der Waals surface area contributed by atoms with Crippen molar-refractivity contribution >= 4 is 15.7 Å². The van der Waals surface area contributed by atoms with Gasteiger partial charge in [-0.2, -0.15) is 0 Å². The molecule has 0 heterocycles. The molecular formula is C17H21NO3S. The molecule has 5 heteroatoms. The Hall–Kier alpha value is -2.01. The van der Waals surface area contributed by atoms with Gasteiger partial charge in [0, 0.05) is 5.69 Å². The van der Waals surface area contributed by atoms with Crippen molar-refractivity contribution in [2.24, 2.45) is 0 Å². The van der Waals surface area contributed by atoms with E-state index < -0.39 is 10.0 Å². The van der Waals surface area contributed by atoms with E-state index in [1.54, 1.807) is 31.2 Å². The van der Waals surface area contributed by atoms with Crippen molar-refractivity contribution in [3.63, 3.8) is 0 Å². The van der Waals surface area contributed by atoms with Crippen LogP contribution in [0.2, 0.25) is 0 Å². The third kappa shape index (κ3) is 3.60. The standard InChI is InChI=1S/C17H21NO3S/c1-5-21-16-10-14(4)17(11-13(16)3)22(19,20)18-15-8-6-12(2)7-9-15/h6-11,18H,5H2,1-4H3. The Kier molecular flexibility index (Phi) is 4.76. The molecule has 2 rings (SSSR count). The van der Waals surface area contributed by atoms with E-state index >= 15 is 0 Å². The van der Waals surface area contributed by atoms with Crippen LogP contribution in [0.25, 0.3) is 0 Å². The number of rotatable bonds is 5. The third-order valence-corrected chi connectivity index (χ3v) is 4.89. The molecule has 118 valence electrons. The summed E-state index contributed by atoms with van der Waals surface area (Å²) in [7, 11) is -3.62. The number of anilines is 1. The second-order valence-corrected chi connectivity index (χ2v) is 6.94. The molecule has 0 amide bonds. The van der Waals surface area contributed by atoms with Gasteiger partial charge in [0.25, 0.3) is 10.0 Å². The van der Waals surface area contributed by atoms with E-state index in [4.69, 9.17) is 4.74 Å². The van der Waals surface area contributed by atoms with Crippen molar-refractivity contribution in [3.05, 3.63) is 53.1 Å². The van der Waals surface area contributed by atoms with Crippen LogP contribution in [0.15, 0.2) is 41.3 Å². The van der Waals surface area contributed by atoms with Crippen molar-refractivity contribution < 1.29 is 13.2 Å². The van der Waals surface area contributed by atoms with E-state index in [0.29, 0.717) is 23.6 Å². The molecule has 0 saturated carbocycles. The lowest BCUT2D eigenvalue weighted by Gasteiger charge is -2.14. The van der Waals surface area contributed by atoms with Crippen molar-refractivity contribution in [1.82, 2.24) is 0 Å². The van der Waals surface area contributed by atoms with Gasteiger partial charge in [-0.05, 0) is 63.1 Å². The highest BCUT2D eigenvalue weighted by Gasteiger charge is 2.19. The van der Waals surface area contributed by atoms with Gasteiger partial charge in [-0.1, -0.05) is 17.7 Å². The van der Waals surface area contributed by atoms with Gasteiger partial charge < -0.3 is 4.74 Å². The van der Waals surface area contributed by atoms with Crippen LogP contribution < -0.4 is 9.46 Å². The predicted molar refractivity (Wildman–Crippen MR) is 89.1 cm³/mol. The monoisotopic (exact) mass is 319 g/mol. The fourth-order valence-corrected chi connectivity index (χ4v) is 3.57. The van der Waals surface area contributed by atoms with Gasteiger partial charge >= 0.3 is 0 Å². The number of hydrogen-bond donors (Lipinski definition) is 1. The molecule has 0 aliphatic heterocycles. The molecular weight excluding hydrogens is 298 g/mol. The number of benzene rings is 2. The van der Waals surface area contributed by atoms with Crippen LogP contribution in [-0.2, 0) is 10.0 Å². The summed E-state index contributed by atoms with van der Waals surface area (Å²) in [5.74, 6) is 0.717. The van der Waals surface area contributed by atoms with E-state index in [0.717, 1.165) is 11.1 Å². The molecule has 0 atom stereocenters. The van der Waals surface area contributed by atoms with Crippen LogP contribution in [0, 0.1) is 20.8 Å². The minimum Gasteiger partial charge on any atom is -0.494 e. The van der Waals surface area contributed by atoms with E-state index in [1.807, 2.05) is 32.9 Å². The first-order chi connectivity index (χ1) is 10.3. The summed E-state index contributed by atoms with van der Waals surface area (Å²) in [6, 6.07) is 10.7. The fraction of sp³-hybridized carbons (Fsp3) is 0.294. The first kappa shape index (κ1) is 16.4. The summed E-state index contributed by atoms with van der Waals surface area (Å²) in [4.78, 5) is 0.272. The molecule has 22 heavy (non-hydrogen) atoms. The highest BCUT2D eigenvalue weighted by Crippen LogP contribution is 2.27. The number of nitrogens with one attached hydrogen (secondary N) is 1. The smallest absolute Gasteiger partial charge is 0.262 e. The van der Waals surface area contributed by atoms with Crippen LogP contribution >= 0.6 is 0 Å². The Morgan fingerprint density at radius 3 is 2.23 bits per heavy atom. The third-order valence-electron chi connectivity index (χ3n) is 3.37. The van der Waals surface area contributed by atoms with Gasteiger partial charge in [0.15, 0.2) is 0 Å². The summed E-state index contributed by atoms with van der Waals surface area (Å²) in [6.45, 7) is 8.02. The summed E-state index contributed by atoms with van der Waals surface area (Å²) in [6.07, 6.45) is 0. The van der Waals surface area contributed by atoms with Gasteiger partial charge in [-0.15, -0.1) is 0 Å². The van der Waals surface area contributed by atoms with E-state index in [-0.39, 0.29) is 4.90 Å². The highest BCUT2D eigenvalue weighted by molar-refractivity contribution is 7.92. The average molecular weight is 319 g/mol. The SMILES string of the molecule is CCOc1cc(C)c(S(=O)(=O)Nc2ccc(C)cc2)cc1C. The van der Waals surface area contributed by atoms with E-state index in [9.17, 15) is 8.42 Å². The largest absolute Gasteiger partial charge is 0.494 e. The van der Waals surface area contributed by atoms with Crippen molar-refractivity contribution in [2.45, 2.75) is 32.6 Å². The van der Waals surface area contributed by atoms with Gasteiger partial charge in [0.1, 0.15) is 5.75 Å². The van der Waals surface area contributed by atoms with Gasteiger partial charge in [-0.25, -0.2) is 8.42 Å². The molecule has 0 bridgehead atoms. The normalized spacial score (nSPS) is 11.3. The minimum absolute atomic E-state index is 0.272. The molecule has 2 aromatic carbocycles. The van der Waals surface area contributed by atoms with Crippen molar-refractivity contribution in [2.75, 3.05) is 11.3 Å². The number of sulfonamides is 1. The first-order valence-corrected chi connectivity index (χ1v) is 8.65. The lowest BCUT2D eigenvalue weighted by molar-refractivity contribution is 0.337. The van der Waals surface area contributed by atoms with Gasteiger partial charge in [0.2, 0.25) is 0 Å². The minimum atomic E-state index is -3.62. The van der Waals surface area contributed by atoms with Crippen molar-refractivity contribution in [1.29, 1.82) is 0 Å². The molecule has 1 N–H and O–H groups in total. The van der Waals surface area contributed by atoms with Gasteiger partial charge in [0.05, 0.1) is 11.5 Å². The zero-order valence-corrected chi connectivity index (χ0v) is 14.1. The highest BCUT2D eigenvalue weighted by atomic mass is 32.2. The second kappa shape index (κ2) is 6.40. The Bertz CT molecular complexity index is 765. The summed E-state index contributed by atoms with van der Waals surface area (Å²) < 4.78 is 33.3. The Morgan fingerprint density at radius 1 is 1.00 bits per heavy atom. The van der Waals surface area contributed by atoms with E-state index in [1.165, 1.54) is 0 Å². The van der Waals surface area contributed by atoms with Crippen LogP contribution in [0.3, 0.4) is 0 Å². The molecule has 0 aliphatic carbocycles. The molecule has 0 fully saturated rings. The fourth-order valence-electron chi connectivity index (χ4n) is 2.20. The maximum absolute atomic E-state index is 12.6. The van der Waals surface area contributed by atoms with Crippen LogP contribution in [0.5, 0.6) is 5.75 Å². The zero-order chi connectivity index (χ0) is 16.3. The second-order valence-electron chi connectivity index (χ2n) is 5.29. The molecule has 0 radical (unpaired) electrons. The number of ether oxygens (including phenoxy) is 1. The van der Waals surface area contributed by atoms with Gasteiger partial charge in [-0.3, -0.25) is 4.72 Å². The zero-order valence-electron chi connectivity index (χ0n) is 13.3. The summed E-state index contributed by atoms with van der Waals surface area (Å²) >= 11 is 0. The van der Waals surface area contributed by atoms with Crippen molar-refractivity contribution in [3.8, 4) is 5.75 Å². The Morgan fingerprint density at radius 2 is 1.64 bits per heavy atom. The maximum atomic E-state index is 12.6. The first-order valence-electron chi connectivity index (χ1n) is 7.17. The Balaban J connectivity index is 2.37. The maximum Gasteiger partial charge on any atom is 0.262 e. The van der Waals surface area contributed by atoms with Crippen LogP contribution in [-0.4, -0.2) is 15.0 Å². The van der Waals surface area contributed by atoms with Crippen LogP contribution in [0.1, 0.15) is 23.6 Å². The topological polar surface area (TPSA) is 55.4 Å². The summed E-state index contributed by atoms with van der Waals surface area (Å²) in [5, 5.41) is 0. The molecule has 0 unspecified atom stereocenters. The molecule has 2 aromatic rings. The molecule has 0 saturated heterocycles. The number of hydrogen-bond acceptors (Lipinski definition) is 3. The van der Waals surface area contributed by atoms with Crippen LogP contribution in [0.4, 0.5) is 5.69 Å². The molecule has 0 aromatic heterocycles. The number of aryl methyl sites for hydroxylation is 3. The Labute approximate surface area is 132 Å². The van der Waals surface area contributed by atoms with E-state index in [2.05, 4.69) is 4.72 Å². The lowest BCUT2D eigenvalue weighted by atomic mass is 10.1. The molecule has 4 nitrogen and oxygen atoms in total. The summed E-state index contributed by atoms with van der Waals surface area (Å²) in [5.41, 5.74) is 3.10. The predicted octanol–water partition coefficient (Wildman–Crippen LogP) is 3.81. The average Bonchev–Trinajstić information content (AvgIpc) is 2.45. The molecule has 0 spiro atoms. The molecule has 0 aliphatic rings. The lowest BCUT2D eigenvalue weighted by Crippen LogP contribution is -2.14. The quantitative estimate of drug-likeness (QED) is 0.911.